The Labute approximate surface area is 220 Å². The fraction of sp³-hybridized carbons (Fsp3) is 0.0625. The third-order valence-corrected chi connectivity index (χ3v) is 6.58. The molecule has 0 unspecified atom stereocenters. The maximum Gasteiger partial charge on any atom is 0.130 e. The minimum Gasteiger partial charge on any atom is -0.487 e. The molecule has 0 atom stereocenters. The standard InChI is InChI=1S/C32H24ClN3O/c33-27-12-8-24(9-13-27)20-36-21-26(10-7-23-4-3-17-34-19-23)30-18-29(15-16-32(30)36)37-22-28-14-11-25-5-1-2-6-31(25)35-28/h1-19,21H,20,22H2. The van der Waals surface area contributed by atoms with Gasteiger partial charge in [-0.3, -0.25) is 4.98 Å². The first-order valence-corrected chi connectivity index (χ1v) is 12.5. The minimum atomic E-state index is 0.405. The van der Waals surface area contributed by atoms with Gasteiger partial charge in [-0.2, -0.15) is 0 Å². The lowest BCUT2D eigenvalue weighted by Crippen LogP contribution is -1.99. The lowest BCUT2D eigenvalue weighted by Gasteiger charge is -2.09. The number of aromatic nitrogens is 3. The van der Waals surface area contributed by atoms with Crippen LogP contribution in [0, 0.1) is 0 Å². The molecule has 0 radical (unpaired) electrons. The van der Waals surface area contributed by atoms with Gasteiger partial charge in [0.05, 0.1) is 11.2 Å². The van der Waals surface area contributed by atoms with Crippen molar-refractivity contribution in [3.8, 4) is 5.75 Å². The maximum absolute atomic E-state index is 6.19. The molecule has 4 nitrogen and oxygen atoms in total. The summed E-state index contributed by atoms with van der Waals surface area (Å²) < 4.78 is 8.45. The highest BCUT2D eigenvalue weighted by Crippen LogP contribution is 2.29. The van der Waals surface area contributed by atoms with Gasteiger partial charge >= 0.3 is 0 Å². The van der Waals surface area contributed by atoms with Crippen molar-refractivity contribution in [3.63, 3.8) is 0 Å². The van der Waals surface area contributed by atoms with Gasteiger partial charge in [0.15, 0.2) is 0 Å². The fourth-order valence-electron chi connectivity index (χ4n) is 4.45. The smallest absolute Gasteiger partial charge is 0.130 e. The summed E-state index contributed by atoms with van der Waals surface area (Å²) in [6, 6.07) is 30.4. The lowest BCUT2D eigenvalue weighted by atomic mass is 10.1. The zero-order chi connectivity index (χ0) is 25.0. The monoisotopic (exact) mass is 501 g/mol. The van der Waals surface area contributed by atoms with E-state index in [-0.39, 0.29) is 0 Å². The molecule has 0 fully saturated rings. The number of fused-ring (bicyclic) bond motifs is 2. The van der Waals surface area contributed by atoms with Crippen molar-refractivity contribution in [2.75, 3.05) is 0 Å². The normalized spacial score (nSPS) is 11.5. The van der Waals surface area contributed by atoms with Gasteiger partial charge in [-0.25, -0.2) is 4.98 Å². The Kier molecular flexibility index (Phi) is 6.40. The molecule has 0 spiro atoms. The van der Waals surface area contributed by atoms with Crippen LogP contribution in [-0.4, -0.2) is 14.5 Å². The van der Waals surface area contributed by atoms with E-state index in [1.807, 2.05) is 60.8 Å². The van der Waals surface area contributed by atoms with E-state index in [1.54, 1.807) is 6.20 Å². The van der Waals surface area contributed by atoms with E-state index in [2.05, 4.69) is 64.3 Å². The van der Waals surface area contributed by atoms with Gasteiger partial charge in [-0.1, -0.05) is 66.2 Å². The number of benzene rings is 3. The van der Waals surface area contributed by atoms with Crippen LogP contribution in [0.4, 0.5) is 0 Å². The van der Waals surface area contributed by atoms with Crippen LogP contribution in [0.5, 0.6) is 5.75 Å². The molecule has 0 aliphatic carbocycles. The first-order chi connectivity index (χ1) is 18.2. The molecule has 0 bridgehead atoms. The number of halogens is 1. The number of hydrogen-bond donors (Lipinski definition) is 0. The molecule has 0 aliphatic heterocycles. The van der Waals surface area contributed by atoms with Gasteiger partial charge in [0.25, 0.3) is 0 Å². The molecule has 0 N–H and O–H groups in total. The molecule has 6 aromatic rings. The maximum atomic E-state index is 6.19. The molecular weight excluding hydrogens is 478 g/mol. The summed E-state index contributed by atoms with van der Waals surface area (Å²) >= 11 is 6.09. The highest BCUT2D eigenvalue weighted by Gasteiger charge is 2.10. The molecule has 3 heterocycles. The summed E-state index contributed by atoms with van der Waals surface area (Å²) in [6.45, 7) is 1.15. The summed E-state index contributed by atoms with van der Waals surface area (Å²) in [5, 5.41) is 2.99. The summed E-state index contributed by atoms with van der Waals surface area (Å²) in [5.74, 6) is 0.808. The molecular formula is C32H24ClN3O. The molecule has 37 heavy (non-hydrogen) atoms. The van der Waals surface area contributed by atoms with Gasteiger partial charge < -0.3 is 9.30 Å². The minimum absolute atomic E-state index is 0.405. The Hall–Kier alpha value is -4.41. The first kappa shape index (κ1) is 23.0. The number of rotatable bonds is 7. The largest absolute Gasteiger partial charge is 0.487 e. The molecule has 6 rings (SSSR count). The Morgan fingerprint density at radius 3 is 2.62 bits per heavy atom. The number of para-hydroxylation sites is 1. The van der Waals surface area contributed by atoms with Crippen molar-refractivity contribution >= 4 is 45.6 Å². The second kappa shape index (κ2) is 10.3. The molecule has 0 aliphatic rings. The Morgan fingerprint density at radius 2 is 1.76 bits per heavy atom. The molecule has 0 amide bonds. The number of ether oxygens (including phenoxy) is 1. The van der Waals surface area contributed by atoms with Crippen molar-refractivity contribution < 1.29 is 4.74 Å². The van der Waals surface area contributed by atoms with Crippen LogP contribution in [0.15, 0.2) is 110 Å². The third-order valence-electron chi connectivity index (χ3n) is 6.33. The highest BCUT2D eigenvalue weighted by atomic mass is 35.5. The zero-order valence-corrected chi connectivity index (χ0v) is 20.8. The second-order valence-corrected chi connectivity index (χ2v) is 9.36. The SMILES string of the molecule is Clc1ccc(Cn2cc(C=Cc3cccnc3)c3cc(OCc4ccc5ccccc5n4)ccc32)cc1. The van der Waals surface area contributed by atoms with E-state index in [1.165, 1.54) is 5.56 Å². The molecule has 180 valence electrons. The Bertz CT molecular complexity index is 1710. The van der Waals surface area contributed by atoms with Gasteiger partial charge in [0, 0.05) is 52.0 Å². The van der Waals surface area contributed by atoms with Crippen LogP contribution in [-0.2, 0) is 13.2 Å². The number of pyridine rings is 2. The summed E-state index contributed by atoms with van der Waals surface area (Å²) in [7, 11) is 0. The third kappa shape index (κ3) is 5.25. The summed E-state index contributed by atoms with van der Waals surface area (Å²) in [5.41, 5.74) is 6.36. The van der Waals surface area contributed by atoms with Crippen molar-refractivity contribution in [1.82, 2.24) is 14.5 Å². The van der Waals surface area contributed by atoms with Gasteiger partial charge in [0.2, 0.25) is 0 Å². The molecule has 3 aromatic carbocycles. The summed E-state index contributed by atoms with van der Waals surface area (Å²) in [4.78, 5) is 8.96. The lowest BCUT2D eigenvalue weighted by molar-refractivity contribution is 0.302. The van der Waals surface area contributed by atoms with Crippen molar-refractivity contribution in [3.05, 3.63) is 137 Å². The van der Waals surface area contributed by atoms with Gasteiger partial charge in [-0.15, -0.1) is 0 Å². The van der Waals surface area contributed by atoms with Crippen LogP contribution in [0.1, 0.15) is 22.4 Å². The molecule has 3 aromatic heterocycles. The average molecular weight is 502 g/mol. The van der Waals surface area contributed by atoms with E-state index in [4.69, 9.17) is 21.3 Å². The van der Waals surface area contributed by atoms with Crippen molar-refractivity contribution in [2.45, 2.75) is 13.2 Å². The average Bonchev–Trinajstić information content (AvgIpc) is 3.28. The predicted molar refractivity (Wildman–Crippen MR) is 152 cm³/mol. The van der Waals surface area contributed by atoms with Crippen molar-refractivity contribution in [2.24, 2.45) is 0 Å². The number of hydrogen-bond acceptors (Lipinski definition) is 3. The zero-order valence-electron chi connectivity index (χ0n) is 20.1. The van der Waals surface area contributed by atoms with Crippen LogP contribution < -0.4 is 4.74 Å². The quantitative estimate of drug-likeness (QED) is 0.222. The second-order valence-electron chi connectivity index (χ2n) is 8.92. The highest BCUT2D eigenvalue weighted by molar-refractivity contribution is 6.30. The fourth-order valence-corrected chi connectivity index (χ4v) is 4.58. The van der Waals surface area contributed by atoms with E-state index < -0.39 is 0 Å². The molecule has 5 heteroatoms. The Balaban J connectivity index is 1.31. The number of nitrogens with zero attached hydrogens (tertiary/aromatic N) is 3. The first-order valence-electron chi connectivity index (χ1n) is 12.1. The van der Waals surface area contributed by atoms with Crippen LogP contribution in [0.25, 0.3) is 34.0 Å². The van der Waals surface area contributed by atoms with E-state index >= 15 is 0 Å². The van der Waals surface area contributed by atoms with E-state index in [0.717, 1.165) is 55.9 Å². The van der Waals surface area contributed by atoms with Crippen molar-refractivity contribution in [1.29, 1.82) is 0 Å². The predicted octanol–water partition coefficient (Wildman–Crippen LogP) is 8.04. The van der Waals surface area contributed by atoms with E-state index in [9.17, 15) is 0 Å². The Morgan fingerprint density at radius 1 is 0.865 bits per heavy atom. The summed E-state index contributed by atoms with van der Waals surface area (Å²) in [6.07, 6.45) is 10.0. The topological polar surface area (TPSA) is 39.9 Å². The van der Waals surface area contributed by atoms with Crippen LogP contribution >= 0.6 is 11.6 Å². The van der Waals surface area contributed by atoms with E-state index in [0.29, 0.717) is 6.61 Å². The van der Waals surface area contributed by atoms with Crippen LogP contribution in [0.3, 0.4) is 0 Å². The molecule has 0 saturated heterocycles. The van der Waals surface area contributed by atoms with Crippen LogP contribution in [0.2, 0.25) is 5.02 Å². The van der Waals surface area contributed by atoms with Gasteiger partial charge in [0.1, 0.15) is 12.4 Å². The molecule has 0 saturated carbocycles. The van der Waals surface area contributed by atoms with Gasteiger partial charge in [-0.05, 0) is 59.7 Å².